The number of phenols is 2. The third-order valence-electron chi connectivity index (χ3n) is 2.44. The van der Waals surface area contributed by atoms with E-state index in [0.29, 0.717) is 6.42 Å². The van der Waals surface area contributed by atoms with Gasteiger partial charge in [-0.2, -0.15) is 0 Å². The molecular weight excluding hydrogens is 395 g/mol. The highest BCUT2D eigenvalue weighted by atomic mass is 127. The van der Waals surface area contributed by atoms with E-state index in [0.717, 1.165) is 15.6 Å². The Morgan fingerprint density at radius 1 is 1.00 bits per heavy atom. The lowest BCUT2D eigenvalue weighted by Crippen LogP contribution is -1.90. The topological polar surface area (TPSA) is 40.5 Å². The molecule has 0 fully saturated rings. The molecular formula is C13H10BrIO2. The molecule has 0 saturated heterocycles. The summed E-state index contributed by atoms with van der Waals surface area (Å²) in [6, 6.07) is 11.0. The number of rotatable bonds is 2. The summed E-state index contributed by atoms with van der Waals surface area (Å²) in [5.41, 5.74) is 2.12. The Hall–Kier alpha value is -0.750. The maximum atomic E-state index is 9.44. The fourth-order valence-corrected chi connectivity index (χ4v) is 2.52. The van der Waals surface area contributed by atoms with Crippen molar-refractivity contribution in [3.63, 3.8) is 0 Å². The predicted molar refractivity (Wildman–Crippen MR) is 79.4 cm³/mol. The molecule has 88 valence electrons. The van der Waals surface area contributed by atoms with Gasteiger partial charge in [-0.15, -0.1) is 0 Å². The number of phenolic OH excluding ortho intramolecular Hbond substituents is 2. The Labute approximate surface area is 122 Å². The average Bonchev–Trinajstić information content (AvgIpc) is 2.29. The Morgan fingerprint density at radius 2 is 1.76 bits per heavy atom. The van der Waals surface area contributed by atoms with Crippen molar-refractivity contribution in [1.82, 2.24) is 0 Å². The van der Waals surface area contributed by atoms with E-state index >= 15 is 0 Å². The minimum Gasteiger partial charge on any atom is -0.504 e. The van der Waals surface area contributed by atoms with E-state index < -0.39 is 0 Å². The van der Waals surface area contributed by atoms with Gasteiger partial charge in [-0.25, -0.2) is 0 Å². The molecule has 0 aromatic heterocycles. The maximum Gasteiger partial charge on any atom is 0.157 e. The first-order valence-electron chi connectivity index (χ1n) is 5.01. The largest absolute Gasteiger partial charge is 0.504 e. The summed E-state index contributed by atoms with van der Waals surface area (Å²) < 4.78 is 2.22. The van der Waals surface area contributed by atoms with Gasteiger partial charge in [-0.3, -0.25) is 0 Å². The molecule has 0 unspecified atom stereocenters. The second kappa shape index (κ2) is 5.27. The number of hydrogen-bond acceptors (Lipinski definition) is 2. The monoisotopic (exact) mass is 404 g/mol. The van der Waals surface area contributed by atoms with Gasteiger partial charge >= 0.3 is 0 Å². The third kappa shape index (κ3) is 3.13. The maximum absolute atomic E-state index is 9.44. The van der Waals surface area contributed by atoms with Crippen molar-refractivity contribution in [2.45, 2.75) is 6.42 Å². The average molecular weight is 405 g/mol. The quantitative estimate of drug-likeness (QED) is 0.585. The van der Waals surface area contributed by atoms with Crippen molar-refractivity contribution in [2.75, 3.05) is 0 Å². The summed E-state index contributed by atoms with van der Waals surface area (Å²) in [7, 11) is 0. The lowest BCUT2D eigenvalue weighted by molar-refractivity contribution is 0.403. The van der Waals surface area contributed by atoms with E-state index in [1.807, 2.05) is 12.1 Å². The Kier molecular flexibility index (Phi) is 3.93. The van der Waals surface area contributed by atoms with Gasteiger partial charge in [-0.05, 0) is 70.5 Å². The smallest absolute Gasteiger partial charge is 0.157 e. The summed E-state index contributed by atoms with van der Waals surface area (Å²) in [5, 5.41) is 18.7. The molecule has 2 aromatic carbocycles. The summed E-state index contributed by atoms with van der Waals surface area (Å²) in [6.45, 7) is 0. The van der Waals surface area contributed by atoms with Crippen LogP contribution in [0.15, 0.2) is 40.9 Å². The minimum atomic E-state index is -0.0875. The van der Waals surface area contributed by atoms with E-state index in [1.54, 1.807) is 12.1 Å². The fraction of sp³-hybridized carbons (Fsp3) is 0.0769. The lowest BCUT2D eigenvalue weighted by atomic mass is 10.0. The molecule has 0 amide bonds. The van der Waals surface area contributed by atoms with Gasteiger partial charge in [0, 0.05) is 8.04 Å². The Morgan fingerprint density at radius 3 is 2.47 bits per heavy atom. The van der Waals surface area contributed by atoms with Crippen molar-refractivity contribution in [3.8, 4) is 11.5 Å². The van der Waals surface area contributed by atoms with Crippen LogP contribution < -0.4 is 0 Å². The van der Waals surface area contributed by atoms with Gasteiger partial charge in [0.2, 0.25) is 0 Å². The van der Waals surface area contributed by atoms with Gasteiger partial charge in [0.15, 0.2) is 11.5 Å². The summed E-state index contributed by atoms with van der Waals surface area (Å²) in [6.07, 6.45) is 0.714. The zero-order valence-corrected chi connectivity index (χ0v) is 12.6. The highest BCUT2D eigenvalue weighted by Gasteiger charge is 2.05. The normalized spacial score (nSPS) is 10.5. The van der Waals surface area contributed by atoms with Crippen LogP contribution in [0.5, 0.6) is 11.5 Å². The first kappa shape index (κ1) is 12.7. The number of hydrogen-bond donors (Lipinski definition) is 2. The molecule has 0 spiro atoms. The Bertz CT molecular complexity index is 555. The van der Waals surface area contributed by atoms with Crippen LogP contribution in [0.2, 0.25) is 0 Å². The molecule has 0 saturated carbocycles. The van der Waals surface area contributed by atoms with Crippen LogP contribution in [-0.2, 0) is 6.42 Å². The summed E-state index contributed by atoms with van der Waals surface area (Å²) in [5.74, 6) is -0.167. The molecule has 2 nitrogen and oxygen atoms in total. The van der Waals surface area contributed by atoms with Crippen molar-refractivity contribution in [3.05, 3.63) is 55.6 Å². The van der Waals surface area contributed by atoms with Crippen molar-refractivity contribution < 1.29 is 10.2 Å². The molecule has 0 radical (unpaired) electrons. The molecule has 0 heterocycles. The fourth-order valence-electron chi connectivity index (χ4n) is 1.58. The molecule has 2 N–H and O–H groups in total. The van der Waals surface area contributed by atoms with Crippen LogP contribution in [0.25, 0.3) is 0 Å². The Balaban J connectivity index is 2.31. The number of benzene rings is 2. The van der Waals surface area contributed by atoms with Gasteiger partial charge in [-0.1, -0.05) is 22.0 Å². The van der Waals surface area contributed by atoms with Crippen molar-refractivity contribution in [2.24, 2.45) is 0 Å². The summed E-state index contributed by atoms with van der Waals surface area (Å²) >= 11 is 5.77. The SMILES string of the molecule is Oc1ccc(Cc2cc(I)ccc2Br)cc1O. The molecule has 0 atom stereocenters. The molecule has 0 aliphatic carbocycles. The van der Waals surface area contributed by atoms with E-state index in [9.17, 15) is 10.2 Å². The second-order valence-corrected chi connectivity index (χ2v) is 5.84. The van der Waals surface area contributed by atoms with Gasteiger partial charge in [0.05, 0.1) is 0 Å². The van der Waals surface area contributed by atoms with Crippen LogP contribution in [0, 0.1) is 3.57 Å². The van der Waals surface area contributed by atoms with Crippen LogP contribution in [0.1, 0.15) is 11.1 Å². The first-order chi connectivity index (χ1) is 8.06. The summed E-state index contributed by atoms with van der Waals surface area (Å²) in [4.78, 5) is 0. The first-order valence-corrected chi connectivity index (χ1v) is 6.88. The molecule has 2 rings (SSSR count). The number of aromatic hydroxyl groups is 2. The van der Waals surface area contributed by atoms with Gasteiger partial charge in [0.25, 0.3) is 0 Å². The van der Waals surface area contributed by atoms with E-state index in [2.05, 4.69) is 44.6 Å². The number of halogens is 2. The molecule has 2 aromatic rings. The van der Waals surface area contributed by atoms with E-state index in [1.165, 1.54) is 9.64 Å². The predicted octanol–water partition coefficient (Wildman–Crippen LogP) is 4.06. The van der Waals surface area contributed by atoms with Crippen LogP contribution >= 0.6 is 38.5 Å². The van der Waals surface area contributed by atoms with Crippen molar-refractivity contribution in [1.29, 1.82) is 0 Å². The standard InChI is InChI=1S/C13H10BrIO2/c14-11-3-2-10(15)7-9(11)5-8-1-4-12(16)13(17)6-8/h1-4,6-7,16-17H,5H2. The van der Waals surface area contributed by atoms with Crippen molar-refractivity contribution >= 4 is 38.5 Å². The zero-order chi connectivity index (χ0) is 12.4. The molecule has 0 bridgehead atoms. The van der Waals surface area contributed by atoms with Gasteiger partial charge in [0.1, 0.15) is 0 Å². The molecule has 0 aliphatic heterocycles. The zero-order valence-electron chi connectivity index (χ0n) is 8.82. The second-order valence-electron chi connectivity index (χ2n) is 3.74. The van der Waals surface area contributed by atoms with E-state index in [-0.39, 0.29) is 11.5 Å². The van der Waals surface area contributed by atoms with Crippen LogP contribution in [0.3, 0.4) is 0 Å². The van der Waals surface area contributed by atoms with Crippen LogP contribution in [-0.4, -0.2) is 10.2 Å². The molecule has 17 heavy (non-hydrogen) atoms. The highest BCUT2D eigenvalue weighted by Crippen LogP contribution is 2.28. The van der Waals surface area contributed by atoms with Crippen LogP contribution in [0.4, 0.5) is 0 Å². The minimum absolute atomic E-state index is 0.0794. The molecule has 0 aliphatic rings. The highest BCUT2D eigenvalue weighted by molar-refractivity contribution is 14.1. The van der Waals surface area contributed by atoms with Gasteiger partial charge < -0.3 is 10.2 Å². The third-order valence-corrected chi connectivity index (χ3v) is 3.89. The lowest BCUT2D eigenvalue weighted by Gasteiger charge is -2.07. The van der Waals surface area contributed by atoms with E-state index in [4.69, 9.17) is 0 Å². The molecule has 4 heteroatoms.